The van der Waals surface area contributed by atoms with Crippen molar-refractivity contribution in [2.24, 2.45) is 11.7 Å². The second-order valence-corrected chi connectivity index (χ2v) is 7.68. The molecule has 3 N–H and O–H groups in total. The van der Waals surface area contributed by atoms with Crippen LogP contribution in [-0.2, 0) is 10.0 Å². The molecule has 24 heavy (non-hydrogen) atoms. The minimum Gasteiger partial charge on any atom is -0.423 e. The fourth-order valence-electron chi connectivity index (χ4n) is 3.13. The molecule has 2 atom stereocenters. The normalized spacial score (nSPS) is 21.4. The van der Waals surface area contributed by atoms with Crippen molar-refractivity contribution in [2.75, 3.05) is 6.54 Å². The van der Waals surface area contributed by atoms with Crippen LogP contribution >= 0.6 is 12.4 Å². The average Bonchev–Trinajstić information content (AvgIpc) is 2.54. The molecule has 8 heteroatoms. The lowest BCUT2D eigenvalue weighted by atomic mass is 9.85. The largest absolute Gasteiger partial charge is 0.423 e. The minimum absolute atomic E-state index is 0. The average molecular weight is 373 g/mol. The molecule has 0 bridgehead atoms. The van der Waals surface area contributed by atoms with Crippen LogP contribution in [0.2, 0.25) is 0 Å². The molecule has 1 aliphatic rings. The highest BCUT2D eigenvalue weighted by atomic mass is 35.5. The number of hydrogen-bond acceptors (Lipinski definition) is 5. The molecule has 0 radical (unpaired) electrons. The summed E-state index contributed by atoms with van der Waals surface area (Å²) >= 11 is 0. The number of rotatable bonds is 4. The molecule has 1 aromatic carbocycles. The van der Waals surface area contributed by atoms with Crippen LogP contribution in [0, 0.1) is 5.92 Å². The summed E-state index contributed by atoms with van der Waals surface area (Å²) in [6, 6.07) is 7.19. The second kappa shape index (κ2) is 7.65. The van der Waals surface area contributed by atoms with Crippen LogP contribution in [0.5, 0.6) is 0 Å². The van der Waals surface area contributed by atoms with E-state index in [1.54, 1.807) is 6.07 Å². The van der Waals surface area contributed by atoms with Gasteiger partial charge in [0.25, 0.3) is 0 Å². The molecule has 0 aliphatic heterocycles. The Kier molecular flexibility index (Phi) is 6.03. The third-order valence-electron chi connectivity index (χ3n) is 4.42. The summed E-state index contributed by atoms with van der Waals surface area (Å²) in [7, 11) is -3.63. The van der Waals surface area contributed by atoms with Crippen LogP contribution in [0.15, 0.2) is 44.4 Å². The van der Waals surface area contributed by atoms with E-state index in [2.05, 4.69) is 4.72 Å². The van der Waals surface area contributed by atoms with E-state index in [0.717, 1.165) is 25.7 Å². The first-order valence-corrected chi connectivity index (χ1v) is 9.24. The zero-order valence-corrected chi connectivity index (χ0v) is 14.7. The maximum Gasteiger partial charge on any atom is 0.336 e. The highest BCUT2D eigenvalue weighted by Gasteiger charge is 2.28. The first-order valence-electron chi connectivity index (χ1n) is 7.76. The quantitative estimate of drug-likeness (QED) is 0.799. The molecule has 1 fully saturated rings. The monoisotopic (exact) mass is 372 g/mol. The van der Waals surface area contributed by atoms with Gasteiger partial charge in [-0.15, -0.1) is 12.4 Å². The fraction of sp³-hybridized carbons (Fsp3) is 0.438. The predicted molar refractivity (Wildman–Crippen MR) is 94.9 cm³/mol. The van der Waals surface area contributed by atoms with Gasteiger partial charge in [-0.25, -0.2) is 17.9 Å². The van der Waals surface area contributed by atoms with E-state index in [4.69, 9.17) is 10.2 Å². The summed E-state index contributed by atoms with van der Waals surface area (Å²) in [6.07, 6.45) is 3.86. The lowest BCUT2D eigenvalue weighted by Gasteiger charge is -2.31. The molecule has 0 saturated heterocycles. The van der Waals surface area contributed by atoms with Crippen molar-refractivity contribution >= 4 is 33.4 Å². The van der Waals surface area contributed by atoms with E-state index in [1.807, 2.05) is 0 Å². The van der Waals surface area contributed by atoms with Crippen molar-refractivity contribution in [3.05, 3.63) is 40.8 Å². The highest BCUT2D eigenvalue weighted by molar-refractivity contribution is 7.89. The number of nitrogens with two attached hydrogens (primary N) is 1. The molecule has 132 valence electrons. The lowest BCUT2D eigenvalue weighted by Crippen LogP contribution is -2.44. The first kappa shape index (κ1) is 18.9. The van der Waals surface area contributed by atoms with Gasteiger partial charge in [0.1, 0.15) is 5.58 Å². The second-order valence-electron chi connectivity index (χ2n) is 5.96. The van der Waals surface area contributed by atoms with Gasteiger partial charge in [0.2, 0.25) is 10.0 Å². The Labute approximate surface area is 146 Å². The Bertz CT molecular complexity index is 866. The number of halogens is 1. The topological polar surface area (TPSA) is 102 Å². The molecular formula is C16H21ClN2O4S. The molecule has 2 aromatic rings. The number of fused-ring (bicyclic) bond motifs is 1. The van der Waals surface area contributed by atoms with Gasteiger partial charge < -0.3 is 10.2 Å². The molecule has 6 nitrogen and oxygen atoms in total. The van der Waals surface area contributed by atoms with Crippen LogP contribution < -0.4 is 16.1 Å². The fourth-order valence-corrected chi connectivity index (χ4v) is 4.50. The molecule has 1 saturated carbocycles. The van der Waals surface area contributed by atoms with Crippen molar-refractivity contribution in [1.82, 2.24) is 4.72 Å². The molecule has 3 rings (SSSR count). The summed E-state index contributed by atoms with van der Waals surface area (Å²) in [5, 5.41) is 0.575. The summed E-state index contributed by atoms with van der Waals surface area (Å²) in [6.45, 7) is 0.482. The van der Waals surface area contributed by atoms with Gasteiger partial charge in [-0.1, -0.05) is 12.8 Å². The Morgan fingerprint density at radius 2 is 1.92 bits per heavy atom. The molecule has 0 spiro atoms. The number of hydrogen-bond donors (Lipinski definition) is 2. The van der Waals surface area contributed by atoms with Gasteiger partial charge in [-0.3, -0.25) is 0 Å². The Morgan fingerprint density at radius 1 is 1.17 bits per heavy atom. The van der Waals surface area contributed by atoms with Crippen LogP contribution in [0.4, 0.5) is 0 Å². The first-order chi connectivity index (χ1) is 11.0. The van der Waals surface area contributed by atoms with Crippen molar-refractivity contribution in [1.29, 1.82) is 0 Å². The van der Waals surface area contributed by atoms with Gasteiger partial charge in [-0.2, -0.15) is 0 Å². The van der Waals surface area contributed by atoms with Gasteiger partial charge in [0.15, 0.2) is 0 Å². The molecule has 1 heterocycles. The zero-order chi connectivity index (χ0) is 16.4. The van der Waals surface area contributed by atoms with Crippen molar-refractivity contribution in [3.8, 4) is 0 Å². The van der Waals surface area contributed by atoms with Crippen molar-refractivity contribution in [3.63, 3.8) is 0 Å². The summed E-state index contributed by atoms with van der Waals surface area (Å²) < 4.78 is 33.1. The molecule has 1 aliphatic carbocycles. The molecule has 0 amide bonds. The Balaban J connectivity index is 0.00000208. The van der Waals surface area contributed by atoms with E-state index in [-0.39, 0.29) is 29.3 Å². The van der Waals surface area contributed by atoms with Gasteiger partial charge in [-0.05, 0) is 49.6 Å². The van der Waals surface area contributed by atoms with Gasteiger partial charge >= 0.3 is 5.63 Å². The smallest absolute Gasteiger partial charge is 0.336 e. The van der Waals surface area contributed by atoms with Crippen LogP contribution in [0.25, 0.3) is 11.0 Å². The number of nitrogens with one attached hydrogen (secondary N) is 1. The molecular weight excluding hydrogens is 352 g/mol. The molecule has 1 aromatic heterocycles. The minimum atomic E-state index is -3.63. The van der Waals surface area contributed by atoms with E-state index in [9.17, 15) is 13.2 Å². The third kappa shape index (κ3) is 3.97. The molecule has 2 unspecified atom stereocenters. The Hall–Kier alpha value is -1.41. The third-order valence-corrected chi connectivity index (χ3v) is 5.91. The summed E-state index contributed by atoms with van der Waals surface area (Å²) in [4.78, 5) is 11.4. The highest BCUT2D eigenvalue weighted by Crippen LogP contribution is 2.26. The Morgan fingerprint density at radius 3 is 2.67 bits per heavy atom. The summed E-state index contributed by atoms with van der Waals surface area (Å²) in [5.41, 5.74) is 5.67. The van der Waals surface area contributed by atoms with Gasteiger partial charge in [0.05, 0.1) is 4.90 Å². The standard InChI is InChI=1S/C16H20N2O4S.ClH/c17-10-12-3-1-2-4-14(12)18-23(20,21)13-6-7-15-11(9-13)5-8-16(19)22-15;/h5-9,12,14,18H,1-4,10,17H2;1H. The maximum absolute atomic E-state index is 12.6. The van der Waals surface area contributed by atoms with E-state index >= 15 is 0 Å². The van der Waals surface area contributed by atoms with E-state index in [1.165, 1.54) is 24.3 Å². The van der Waals surface area contributed by atoms with Crippen LogP contribution in [0.1, 0.15) is 25.7 Å². The number of benzene rings is 1. The van der Waals surface area contributed by atoms with E-state index in [0.29, 0.717) is 17.5 Å². The van der Waals surface area contributed by atoms with Gasteiger partial charge in [0, 0.05) is 17.5 Å². The van der Waals surface area contributed by atoms with Crippen LogP contribution in [0.3, 0.4) is 0 Å². The van der Waals surface area contributed by atoms with Crippen molar-refractivity contribution < 1.29 is 12.8 Å². The van der Waals surface area contributed by atoms with E-state index < -0.39 is 15.6 Å². The zero-order valence-electron chi connectivity index (χ0n) is 13.1. The summed E-state index contributed by atoms with van der Waals surface area (Å²) in [5.74, 6) is 0.178. The van der Waals surface area contributed by atoms with Crippen LogP contribution in [-0.4, -0.2) is 21.0 Å². The van der Waals surface area contributed by atoms with Crippen molar-refractivity contribution in [2.45, 2.75) is 36.6 Å². The maximum atomic E-state index is 12.6. The SMILES string of the molecule is Cl.NCC1CCCCC1NS(=O)(=O)c1ccc2oc(=O)ccc2c1. The predicted octanol–water partition coefficient (Wildman–Crippen LogP) is 2.01. The number of sulfonamides is 1. The lowest BCUT2D eigenvalue weighted by molar-refractivity contribution is 0.296.